The minimum Gasteiger partial charge on any atom is -0.399 e. The van der Waals surface area contributed by atoms with Gasteiger partial charge in [-0.15, -0.1) is 0 Å². The number of nitrogens with two attached hydrogens (primary N) is 2. The van der Waals surface area contributed by atoms with Gasteiger partial charge in [-0.3, -0.25) is 10.6 Å². The Labute approximate surface area is 106 Å². The largest absolute Gasteiger partial charge is 0.399 e. The van der Waals surface area contributed by atoms with Crippen LogP contribution < -0.4 is 17.0 Å². The van der Waals surface area contributed by atoms with Gasteiger partial charge in [-0.25, -0.2) is 0 Å². The molecule has 0 aromatic heterocycles. The van der Waals surface area contributed by atoms with E-state index in [-0.39, 0.29) is 5.78 Å². The molecule has 0 heterocycles. The van der Waals surface area contributed by atoms with Crippen LogP contribution in [-0.2, 0) is 0 Å². The molecule has 0 saturated heterocycles. The van der Waals surface area contributed by atoms with Gasteiger partial charge < -0.3 is 11.2 Å². The summed E-state index contributed by atoms with van der Waals surface area (Å²) in [6, 6.07) is 12.8. The lowest BCUT2D eigenvalue weighted by atomic mass is 9.99. The van der Waals surface area contributed by atoms with E-state index in [9.17, 15) is 4.79 Å². The highest BCUT2D eigenvalue weighted by Crippen LogP contribution is 2.29. The molecule has 18 heavy (non-hydrogen) atoms. The van der Waals surface area contributed by atoms with Gasteiger partial charge in [0.05, 0.1) is 5.69 Å². The Kier molecular flexibility index (Phi) is 3.30. The Morgan fingerprint density at radius 1 is 1.11 bits per heavy atom. The summed E-state index contributed by atoms with van der Waals surface area (Å²) in [4.78, 5) is 11.4. The lowest BCUT2D eigenvalue weighted by Crippen LogP contribution is -2.08. The van der Waals surface area contributed by atoms with Crippen LogP contribution in [0.4, 0.5) is 11.4 Å². The Bertz CT molecular complexity index is 576. The van der Waals surface area contributed by atoms with Gasteiger partial charge >= 0.3 is 0 Å². The van der Waals surface area contributed by atoms with E-state index in [0.29, 0.717) is 11.3 Å². The molecule has 5 N–H and O–H groups in total. The van der Waals surface area contributed by atoms with Crippen LogP contribution in [0, 0.1) is 0 Å². The number of nitrogens with one attached hydrogen (secondary N) is 1. The number of carbonyl (C=O) groups is 1. The van der Waals surface area contributed by atoms with E-state index in [1.54, 1.807) is 12.1 Å². The molecule has 0 saturated carbocycles. The van der Waals surface area contributed by atoms with Crippen molar-refractivity contribution in [3.05, 3.63) is 48.0 Å². The van der Waals surface area contributed by atoms with Crippen molar-refractivity contribution in [1.82, 2.24) is 0 Å². The van der Waals surface area contributed by atoms with Crippen molar-refractivity contribution in [2.24, 2.45) is 5.84 Å². The van der Waals surface area contributed by atoms with Crippen molar-refractivity contribution in [1.29, 1.82) is 0 Å². The van der Waals surface area contributed by atoms with E-state index in [0.717, 1.165) is 16.8 Å². The number of carbonyl (C=O) groups excluding carboxylic acids is 1. The Balaban J connectivity index is 2.56. The lowest BCUT2D eigenvalue weighted by molar-refractivity contribution is 0.101. The van der Waals surface area contributed by atoms with Crippen molar-refractivity contribution in [3.63, 3.8) is 0 Å². The van der Waals surface area contributed by atoms with Crippen molar-refractivity contribution in [3.8, 4) is 11.1 Å². The van der Waals surface area contributed by atoms with Gasteiger partial charge in [-0.05, 0) is 42.8 Å². The maximum atomic E-state index is 11.4. The molecule has 0 spiro atoms. The van der Waals surface area contributed by atoms with Gasteiger partial charge in [0.1, 0.15) is 0 Å². The maximum absolute atomic E-state index is 11.4. The zero-order chi connectivity index (χ0) is 13.1. The monoisotopic (exact) mass is 241 g/mol. The van der Waals surface area contributed by atoms with Gasteiger partial charge in [0.2, 0.25) is 0 Å². The summed E-state index contributed by atoms with van der Waals surface area (Å²) in [6.07, 6.45) is 0. The molecule has 0 atom stereocenters. The second-order valence-electron chi connectivity index (χ2n) is 4.08. The summed E-state index contributed by atoms with van der Waals surface area (Å²) in [5, 5.41) is 0. The summed E-state index contributed by atoms with van der Waals surface area (Å²) < 4.78 is 0. The lowest BCUT2D eigenvalue weighted by Gasteiger charge is -2.10. The first-order valence-electron chi connectivity index (χ1n) is 5.59. The van der Waals surface area contributed by atoms with Gasteiger partial charge in [0.15, 0.2) is 5.78 Å². The third-order valence-electron chi connectivity index (χ3n) is 2.80. The zero-order valence-corrected chi connectivity index (χ0v) is 10.1. The summed E-state index contributed by atoms with van der Waals surface area (Å²) in [7, 11) is 0. The van der Waals surface area contributed by atoms with Crippen molar-refractivity contribution in [2.75, 3.05) is 11.2 Å². The van der Waals surface area contributed by atoms with Crippen LogP contribution in [0.25, 0.3) is 11.1 Å². The SMILES string of the molecule is CC(=O)c1ccc(NN)c(-c2ccc(N)cc2)c1. The fourth-order valence-electron chi connectivity index (χ4n) is 1.79. The second kappa shape index (κ2) is 4.89. The van der Waals surface area contributed by atoms with E-state index in [1.807, 2.05) is 30.3 Å². The molecule has 2 aromatic carbocycles. The number of hydrogen-bond donors (Lipinski definition) is 3. The van der Waals surface area contributed by atoms with E-state index < -0.39 is 0 Å². The molecule has 0 bridgehead atoms. The van der Waals surface area contributed by atoms with E-state index >= 15 is 0 Å². The number of hydrazine groups is 1. The fourth-order valence-corrected chi connectivity index (χ4v) is 1.79. The molecule has 2 rings (SSSR count). The standard InChI is InChI=1S/C14H15N3O/c1-9(18)11-4-7-14(17-16)13(8-11)10-2-5-12(15)6-3-10/h2-8,17H,15-16H2,1H3. The number of rotatable bonds is 3. The summed E-state index contributed by atoms with van der Waals surface area (Å²) in [5.41, 5.74) is 12.2. The molecule has 4 nitrogen and oxygen atoms in total. The summed E-state index contributed by atoms with van der Waals surface area (Å²) in [6.45, 7) is 1.54. The summed E-state index contributed by atoms with van der Waals surface area (Å²) in [5.74, 6) is 5.51. The molecule has 0 unspecified atom stereocenters. The molecule has 0 radical (unpaired) electrons. The van der Waals surface area contributed by atoms with Crippen molar-refractivity contribution >= 4 is 17.2 Å². The molecule has 2 aromatic rings. The zero-order valence-electron chi connectivity index (χ0n) is 10.1. The molecule has 4 heteroatoms. The minimum absolute atomic E-state index is 0.0234. The first-order chi connectivity index (χ1) is 8.61. The van der Waals surface area contributed by atoms with Gasteiger partial charge in [-0.2, -0.15) is 0 Å². The Morgan fingerprint density at radius 3 is 2.33 bits per heavy atom. The highest BCUT2D eigenvalue weighted by atomic mass is 16.1. The third kappa shape index (κ3) is 2.33. The number of anilines is 2. The van der Waals surface area contributed by atoms with E-state index in [1.165, 1.54) is 6.92 Å². The molecule has 0 fully saturated rings. The maximum Gasteiger partial charge on any atom is 0.159 e. The van der Waals surface area contributed by atoms with Crippen LogP contribution >= 0.6 is 0 Å². The predicted octanol–water partition coefficient (Wildman–Crippen LogP) is 2.42. The Hall–Kier alpha value is -2.33. The van der Waals surface area contributed by atoms with Crippen LogP contribution in [0.1, 0.15) is 17.3 Å². The molecule has 0 amide bonds. The Morgan fingerprint density at radius 2 is 1.78 bits per heavy atom. The number of Topliss-reactive ketones (excluding diaryl/α,β-unsaturated/α-hetero) is 1. The predicted molar refractivity (Wildman–Crippen MR) is 74.1 cm³/mol. The molecular formula is C14H15N3O. The first kappa shape index (κ1) is 12.1. The highest BCUT2D eigenvalue weighted by molar-refractivity contribution is 5.97. The number of benzene rings is 2. The average molecular weight is 241 g/mol. The highest BCUT2D eigenvalue weighted by Gasteiger charge is 2.08. The van der Waals surface area contributed by atoms with Gasteiger partial charge in [0, 0.05) is 16.8 Å². The van der Waals surface area contributed by atoms with Crippen molar-refractivity contribution in [2.45, 2.75) is 6.92 Å². The topological polar surface area (TPSA) is 81.1 Å². The number of ketones is 1. The molecular weight excluding hydrogens is 226 g/mol. The van der Waals surface area contributed by atoms with Crippen molar-refractivity contribution < 1.29 is 4.79 Å². The molecule has 0 aliphatic heterocycles. The van der Waals surface area contributed by atoms with Crippen LogP contribution in [0.15, 0.2) is 42.5 Å². The van der Waals surface area contributed by atoms with Crippen LogP contribution in [0.2, 0.25) is 0 Å². The van der Waals surface area contributed by atoms with Gasteiger partial charge in [-0.1, -0.05) is 12.1 Å². The first-order valence-corrected chi connectivity index (χ1v) is 5.59. The van der Waals surface area contributed by atoms with Crippen LogP contribution in [0.5, 0.6) is 0 Å². The summed E-state index contributed by atoms with van der Waals surface area (Å²) >= 11 is 0. The van der Waals surface area contributed by atoms with E-state index in [2.05, 4.69) is 5.43 Å². The van der Waals surface area contributed by atoms with Gasteiger partial charge in [0.25, 0.3) is 0 Å². The third-order valence-corrected chi connectivity index (χ3v) is 2.80. The van der Waals surface area contributed by atoms with E-state index in [4.69, 9.17) is 11.6 Å². The quantitative estimate of drug-likeness (QED) is 0.333. The second-order valence-corrected chi connectivity index (χ2v) is 4.08. The fraction of sp³-hybridized carbons (Fsp3) is 0.0714. The minimum atomic E-state index is 0.0234. The smallest absolute Gasteiger partial charge is 0.159 e. The molecule has 0 aliphatic carbocycles. The molecule has 92 valence electrons. The number of hydrogen-bond acceptors (Lipinski definition) is 4. The number of nitrogen functional groups attached to an aromatic ring is 2. The average Bonchev–Trinajstić information content (AvgIpc) is 2.39. The molecule has 0 aliphatic rings. The van der Waals surface area contributed by atoms with Crippen LogP contribution in [-0.4, -0.2) is 5.78 Å². The van der Waals surface area contributed by atoms with Crippen LogP contribution in [0.3, 0.4) is 0 Å². The normalized spacial score (nSPS) is 10.1.